The molecule has 0 atom stereocenters. The van der Waals surface area contributed by atoms with Gasteiger partial charge in [0.15, 0.2) is 17.3 Å². The Bertz CT molecular complexity index is 643. The van der Waals surface area contributed by atoms with Crippen LogP contribution in [0.25, 0.3) is 0 Å². The Balaban J connectivity index is 2.59. The van der Waals surface area contributed by atoms with Gasteiger partial charge in [-0.15, -0.1) is 0 Å². The minimum Gasteiger partial charge on any atom is -0.493 e. The minimum atomic E-state index is -0.578. The highest BCUT2D eigenvalue weighted by Gasteiger charge is 2.20. The number of carbonyl (C=O) groups is 1. The summed E-state index contributed by atoms with van der Waals surface area (Å²) >= 11 is 5.88. The van der Waals surface area contributed by atoms with E-state index < -0.39 is 11.6 Å². The van der Waals surface area contributed by atoms with Crippen molar-refractivity contribution in [1.29, 1.82) is 0 Å². The van der Waals surface area contributed by atoms with E-state index in [1.165, 1.54) is 25.4 Å². The standard InChI is InChI=1S/C14H11ClFNO2/c1-8-6-10(13(19-2)11(16)7-8)12(18)9-4-3-5-17-14(9)15/h3-7H,1-2H3. The van der Waals surface area contributed by atoms with Crippen LogP contribution in [0, 0.1) is 12.7 Å². The molecule has 1 heterocycles. The quantitative estimate of drug-likeness (QED) is 0.638. The number of ketones is 1. The highest BCUT2D eigenvalue weighted by atomic mass is 35.5. The number of carbonyl (C=O) groups excluding carboxylic acids is 1. The van der Waals surface area contributed by atoms with E-state index in [0.717, 1.165) is 0 Å². The van der Waals surface area contributed by atoms with Crippen LogP contribution in [-0.2, 0) is 0 Å². The Labute approximate surface area is 115 Å². The summed E-state index contributed by atoms with van der Waals surface area (Å²) in [5.74, 6) is -1.08. The van der Waals surface area contributed by atoms with Gasteiger partial charge in [-0.05, 0) is 36.8 Å². The lowest BCUT2D eigenvalue weighted by molar-refractivity contribution is 0.103. The van der Waals surface area contributed by atoms with Crippen molar-refractivity contribution in [2.45, 2.75) is 6.92 Å². The average Bonchev–Trinajstić information content (AvgIpc) is 2.37. The Kier molecular flexibility index (Phi) is 3.81. The molecule has 0 spiro atoms. The zero-order valence-corrected chi connectivity index (χ0v) is 11.2. The summed E-state index contributed by atoms with van der Waals surface area (Å²) in [5.41, 5.74) is 0.976. The molecule has 0 fully saturated rings. The van der Waals surface area contributed by atoms with Crippen LogP contribution in [0.15, 0.2) is 30.5 Å². The van der Waals surface area contributed by atoms with Crippen LogP contribution >= 0.6 is 11.6 Å². The van der Waals surface area contributed by atoms with Crippen molar-refractivity contribution < 1.29 is 13.9 Å². The van der Waals surface area contributed by atoms with Gasteiger partial charge in [-0.1, -0.05) is 11.6 Å². The molecule has 0 bridgehead atoms. The van der Waals surface area contributed by atoms with Crippen LogP contribution < -0.4 is 4.74 Å². The molecule has 2 aromatic rings. The number of ether oxygens (including phenoxy) is 1. The zero-order chi connectivity index (χ0) is 14.0. The Morgan fingerprint density at radius 1 is 1.37 bits per heavy atom. The Hall–Kier alpha value is -1.94. The van der Waals surface area contributed by atoms with E-state index in [4.69, 9.17) is 16.3 Å². The number of halogens is 2. The molecule has 2 rings (SSSR count). The molecule has 0 saturated heterocycles. The first-order valence-electron chi connectivity index (χ1n) is 5.54. The largest absolute Gasteiger partial charge is 0.493 e. The number of methoxy groups -OCH3 is 1. The molecule has 0 N–H and O–H groups in total. The van der Waals surface area contributed by atoms with Crippen LogP contribution in [0.1, 0.15) is 21.5 Å². The normalized spacial score (nSPS) is 10.3. The molecule has 1 aromatic carbocycles. The van der Waals surface area contributed by atoms with Crippen LogP contribution in [0.3, 0.4) is 0 Å². The number of aromatic nitrogens is 1. The molecular weight excluding hydrogens is 269 g/mol. The predicted molar refractivity (Wildman–Crippen MR) is 70.4 cm³/mol. The fourth-order valence-corrected chi connectivity index (χ4v) is 2.01. The van der Waals surface area contributed by atoms with E-state index in [-0.39, 0.29) is 22.0 Å². The number of aryl methyl sites for hydroxylation is 1. The third kappa shape index (κ3) is 2.58. The van der Waals surface area contributed by atoms with E-state index >= 15 is 0 Å². The first-order valence-corrected chi connectivity index (χ1v) is 5.91. The summed E-state index contributed by atoms with van der Waals surface area (Å²) in [4.78, 5) is 16.2. The summed E-state index contributed by atoms with van der Waals surface area (Å²) in [7, 11) is 1.31. The van der Waals surface area contributed by atoms with E-state index in [9.17, 15) is 9.18 Å². The fraction of sp³-hybridized carbons (Fsp3) is 0.143. The summed E-state index contributed by atoms with van der Waals surface area (Å²) in [5, 5.41) is 0.0801. The van der Waals surface area contributed by atoms with Crippen LogP contribution in [-0.4, -0.2) is 17.9 Å². The maximum Gasteiger partial charge on any atom is 0.199 e. The molecule has 1 aromatic heterocycles. The molecule has 0 aliphatic carbocycles. The fourth-order valence-electron chi connectivity index (χ4n) is 1.81. The molecule has 0 radical (unpaired) electrons. The molecule has 0 aliphatic heterocycles. The van der Waals surface area contributed by atoms with Crippen molar-refractivity contribution >= 4 is 17.4 Å². The van der Waals surface area contributed by atoms with Crippen LogP contribution in [0.2, 0.25) is 5.15 Å². The summed E-state index contributed by atoms with van der Waals surface area (Å²) < 4.78 is 18.7. The first-order chi connectivity index (χ1) is 9.04. The highest BCUT2D eigenvalue weighted by Crippen LogP contribution is 2.28. The lowest BCUT2D eigenvalue weighted by Gasteiger charge is -2.10. The molecule has 0 unspecified atom stereocenters. The molecule has 98 valence electrons. The second-order valence-electron chi connectivity index (χ2n) is 4.00. The third-order valence-corrected chi connectivity index (χ3v) is 2.94. The van der Waals surface area contributed by atoms with Gasteiger partial charge in [0.25, 0.3) is 0 Å². The number of hydrogen-bond donors (Lipinski definition) is 0. The van der Waals surface area contributed by atoms with E-state index in [1.54, 1.807) is 19.1 Å². The SMILES string of the molecule is COc1c(F)cc(C)cc1C(=O)c1cccnc1Cl. The number of benzene rings is 1. The second kappa shape index (κ2) is 5.36. The molecule has 0 saturated carbocycles. The maximum atomic E-state index is 13.8. The van der Waals surface area contributed by atoms with Crippen molar-refractivity contribution in [3.63, 3.8) is 0 Å². The van der Waals surface area contributed by atoms with Gasteiger partial charge < -0.3 is 4.74 Å². The second-order valence-corrected chi connectivity index (χ2v) is 4.36. The number of nitrogens with zero attached hydrogens (tertiary/aromatic N) is 1. The van der Waals surface area contributed by atoms with Gasteiger partial charge in [0.05, 0.1) is 18.2 Å². The van der Waals surface area contributed by atoms with Crippen molar-refractivity contribution in [1.82, 2.24) is 4.98 Å². The Morgan fingerprint density at radius 2 is 2.11 bits per heavy atom. The van der Waals surface area contributed by atoms with Gasteiger partial charge >= 0.3 is 0 Å². The maximum absolute atomic E-state index is 13.8. The molecule has 0 aliphatic rings. The third-order valence-electron chi connectivity index (χ3n) is 2.64. The summed E-state index contributed by atoms with van der Waals surface area (Å²) in [6, 6.07) is 6.00. The van der Waals surface area contributed by atoms with Gasteiger partial charge in [0.2, 0.25) is 0 Å². The van der Waals surface area contributed by atoms with Crippen LogP contribution in [0.4, 0.5) is 4.39 Å². The summed E-state index contributed by atoms with van der Waals surface area (Å²) in [6.07, 6.45) is 1.48. The average molecular weight is 280 g/mol. The smallest absolute Gasteiger partial charge is 0.199 e. The molecule has 19 heavy (non-hydrogen) atoms. The van der Waals surface area contributed by atoms with Crippen molar-refractivity contribution in [3.05, 3.63) is 58.1 Å². The number of hydrogen-bond acceptors (Lipinski definition) is 3. The molecule has 0 amide bonds. The van der Waals surface area contributed by atoms with Gasteiger partial charge in [-0.3, -0.25) is 4.79 Å². The highest BCUT2D eigenvalue weighted by molar-refractivity contribution is 6.34. The molecule has 5 heteroatoms. The first kappa shape index (κ1) is 13.5. The van der Waals surface area contributed by atoms with Crippen molar-refractivity contribution in [2.75, 3.05) is 7.11 Å². The monoisotopic (exact) mass is 279 g/mol. The Morgan fingerprint density at radius 3 is 2.74 bits per heavy atom. The topological polar surface area (TPSA) is 39.2 Å². The number of pyridine rings is 1. The van der Waals surface area contributed by atoms with E-state index in [2.05, 4.69) is 4.98 Å². The van der Waals surface area contributed by atoms with Gasteiger partial charge in [0, 0.05) is 6.20 Å². The lowest BCUT2D eigenvalue weighted by atomic mass is 10.0. The van der Waals surface area contributed by atoms with Gasteiger partial charge in [-0.25, -0.2) is 9.37 Å². The van der Waals surface area contributed by atoms with Gasteiger partial charge in [-0.2, -0.15) is 0 Å². The molecule has 3 nitrogen and oxygen atoms in total. The van der Waals surface area contributed by atoms with Crippen molar-refractivity contribution in [2.24, 2.45) is 0 Å². The minimum absolute atomic E-state index is 0.0801. The lowest BCUT2D eigenvalue weighted by Crippen LogP contribution is -2.07. The van der Waals surface area contributed by atoms with Crippen molar-refractivity contribution in [3.8, 4) is 5.75 Å². The summed E-state index contributed by atoms with van der Waals surface area (Å²) in [6.45, 7) is 1.70. The van der Waals surface area contributed by atoms with E-state index in [1.807, 2.05) is 0 Å². The van der Waals surface area contributed by atoms with Gasteiger partial charge in [0.1, 0.15) is 5.15 Å². The van der Waals surface area contributed by atoms with Crippen LogP contribution in [0.5, 0.6) is 5.75 Å². The van der Waals surface area contributed by atoms with E-state index in [0.29, 0.717) is 5.56 Å². The zero-order valence-electron chi connectivity index (χ0n) is 10.4. The molecular formula is C14H11ClFNO2. The number of rotatable bonds is 3. The predicted octanol–water partition coefficient (Wildman–Crippen LogP) is 3.42.